The minimum absolute atomic E-state index is 0.0599. The summed E-state index contributed by atoms with van der Waals surface area (Å²) < 4.78 is 8.42. The molecule has 0 aliphatic carbocycles. The van der Waals surface area contributed by atoms with Gasteiger partial charge in [-0.05, 0) is 52.3 Å². The van der Waals surface area contributed by atoms with Crippen molar-refractivity contribution >= 4 is 27.0 Å². The van der Waals surface area contributed by atoms with Crippen LogP contribution in [0.1, 0.15) is 0 Å². The molecule has 0 bridgehead atoms. The lowest BCUT2D eigenvalue weighted by Gasteiger charge is -2.08. The normalized spacial score (nSPS) is 10.9. The lowest BCUT2D eigenvalue weighted by atomic mass is 10.3. The molecule has 0 aliphatic heterocycles. The van der Waals surface area contributed by atoms with Crippen molar-refractivity contribution in [3.63, 3.8) is 0 Å². The van der Waals surface area contributed by atoms with Gasteiger partial charge in [0.2, 0.25) is 5.88 Å². The van der Waals surface area contributed by atoms with E-state index in [4.69, 9.17) is 4.74 Å². The largest absolute Gasteiger partial charge is 0.492 e. The summed E-state index contributed by atoms with van der Waals surface area (Å²) in [7, 11) is 0. The first-order chi connectivity index (χ1) is 11.7. The molecule has 24 heavy (non-hydrogen) atoms. The lowest BCUT2D eigenvalue weighted by molar-refractivity contribution is 0.457. The number of hydrogen-bond acceptors (Lipinski definition) is 4. The fraction of sp³-hybridized carbons (Fsp3) is 0. The average molecular weight is 382 g/mol. The van der Waals surface area contributed by atoms with Gasteiger partial charge in [0.05, 0.1) is 4.47 Å². The Bertz CT molecular complexity index is 998. The van der Waals surface area contributed by atoms with Crippen molar-refractivity contribution in [2.75, 3.05) is 0 Å². The van der Waals surface area contributed by atoms with E-state index in [1.165, 1.54) is 6.33 Å². The summed E-state index contributed by atoms with van der Waals surface area (Å²) in [6.07, 6.45) is 3.19. The van der Waals surface area contributed by atoms with Crippen LogP contribution < -0.4 is 4.74 Å². The third kappa shape index (κ3) is 2.61. The van der Waals surface area contributed by atoms with Gasteiger partial charge in [0.15, 0.2) is 0 Å². The van der Waals surface area contributed by atoms with Gasteiger partial charge in [-0.15, -0.1) is 0 Å². The first kappa shape index (κ1) is 14.7. The number of aromatic hydroxyl groups is 1. The number of benzene rings is 2. The van der Waals surface area contributed by atoms with Gasteiger partial charge < -0.3 is 14.4 Å². The summed E-state index contributed by atoms with van der Waals surface area (Å²) in [5.74, 6) is 1.46. The van der Waals surface area contributed by atoms with Crippen LogP contribution >= 0.6 is 15.9 Å². The highest BCUT2D eigenvalue weighted by Crippen LogP contribution is 2.32. The van der Waals surface area contributed by atoms with Crippen molar-refractivity contribution in [1.29, 1.82) is 0 Å². The molecule has 0 fully saturated rings. The van der Waals surface area contributed by atoms with Gasteiger partial charge in [-0.1, -0.05) is 18.2 Å². The van der Waals surface area contributed by atoms with Crippen molar-refractivity contribution in [1.82, 2.24) is 14.5 Å². The quantitative estimate of drug-likeness (QED) is 0.559. The van der Waals surface area contributed by atoms with Crippen LogP contribution in [0, 0.1) is 0 Å². The van der Waals surface area contributed by atoms with Crippen LogP contribution in [0.2, 0.25) is 0 Å². The van der Waals surface area contributed by atoms with Gasteiger partial charge in [-0.25, -0.2) is 9.97 Å². The van der Waals surface area contributed by atoms with E-state index in [1.54, 1.807) is 0 Å². The topological polar surface area (TPSA) is 60.2 Å². The molecule has 0 saturated carbocycles. The lowest BCUT2D eigenvalue weighted by Crippen LogP contribution is -1.93. The Hall–Kier alpha value is -2.86. The number of nitrogens with zero attached hydrogens (tertiary/aromatic N) is 3. The van der Waals surface area contributed by atoms with E-state index in [2.05, 4.69) is 25.9 Å². The van der Waals surface area contributed by atoms with E-state index in [0.29, 0.717) is 11.0 Å². The molecule has 118 valence electrons. The predicted octanol–water partition coefficient (Wildman–Crippen LogP) is 4.68. The maximum atomic E-state index is 10.1. The first-order valence-electron chi connectivity index (χ1n) is 7.26. The molecule has 0 saturated heterocycles. The first-order valence-corrected chi connectivity index (χ1v) is 8.05. The summed E-state index contributed by atoms with van der Waals surface area (Å²) >= 11 is 3.46. The Balaban J connectivity index is 1.71. The van der Waals surface area contributed by atoms with Crippen molar-refractivity contribution in [3.05, 3.63) is 71.6 Å². The fourth-order valence-corrected chi connectivity index (χ4v) is 3.00. The Morgan fingerprint density at radius 2 is 1.62 bits per heavy atom. The molecule has 0 spiro atoms. The number of halogens is 1. The number of rotatable bonds is 3. The third-order valence-electron chi connectivity index (χ3n) is 3.61. The number of fused-ring (bicyclic) bond motifs is 1. The SMILES string of the molecule is Oc1ncnc2c(Br)cn(-c3ccc(Oc4ccccc4)cc3)c12. The molecule has 2 aromatic heterocycles. The highest BCUT2D eigenvalue weighted by atomic mass is 79.9. The van der Waals surface area contributed by atoms with Crippen LogP contribution in [-0.4, -0.2) is 19.6 Å². The molecule has 4 aromatic rings. The van der Waals surface area contributed by atoms with Crippen LogP contribution in [0.15, 0.2) is 71.6 Å². The van der Waals surface area contributed by atoms with E-state index in [0.717, 1.165) is 21.7 Å². The van der Waals surface area contributed by atoms with E-state index < -0.39 is 0 Å². The second-order valence-corrected chi connectivity index (χ2v) is 6.00. The number of hydrogen-bond donors (Lipinski definition) is 1. The van der Waals surface area contributed by atoms with E-state index in [1.807, 2.05) is 65.4 Å². The molecule has 5 nitrogen and oxygen atoms in total. The molecule has 0 amide bonds. The van der Waals surface area contributed by atoms with E-state index >= 15 is 0 Å². The van der Waals surface area contributed by atoms with Crippen molar-refractivity contribution in [2.24, 2.45) is 0 Å². The monoisotopic (exact) mass is 381 g/mol. The van der Waals surface area contributed by atoms with Gasteiger partial charge in [0.25, 0.3) is 0 Å². The molecule has 6 heteroatoms. The summed E-state index contributed by atoms with van der Waals surface area (Å²) in [5.41, 5.74) is 2.09. The van der Waals surface area contributed by atoms with Gasteiger partial charge >= 0.3 is 0 Å². The zero-order chi connectivity index (χ0) is 16.5. The highest BCUT2D eigenvalue weighted by molar-refractivity contribution is 9.10. The molecular weight excluding hydrogens is 370 g/mol. The summed E-state index contributed by atoms with van der Waals surface area (Å²) in [6, 6.07) is 17.2. The van der Waals surface area contributed by atoms with Crippen LogP contribution in [0.3, 0.4) is 0 Å². The number of ether oxygens (including phenoxy) is 1. The number of para-hydroxylation sites is 1. The Labute approximate surface area is 146 Å². The Kier molecular flexibility index (Phi) is 3.66. The molecule has 0 unspecified atom stereocenters. The van der Waals surface area contributed by atoms with Crippen molar-refractivity contribution in [3.8, 4) is 23.1 Å². The van der Waals surface area contributed by atoms with Crippen molar-refractivity contribution in [2.45, 2.75) is 0 Å². The molecule has 2 aromatic carbocycles. The summed E-state index contributed by atoms with van der Waals surface area (Å²) in [5, 5.41) is 10.1. The molecule has 1 N–H and O–H groups in total. The predicted molar refractivity (Wildman–Crippen MR) is 94.7 cm³/mol. The van der Waals surface area contributed by atoms with Gasteiger partial charge in [-0.3, -0.25) is 0 Å². The van der Waals surface area contributed by atoms with Gasteiger partial charge in [-0.2, -0.15) is 0 Å². The zero-order valence-corrected chi connectivity index (χ0v) is 14.0. The molecule has 0 atom stereocenters. The molecule has 0 aliphatic rings. The molecule has 4 rings (SSSR count). The summed E-state index contributed by atoms with van der Waals surface area (Å²) in [6.45, 7) is 0. The molecule has 0 radical (unpaired) electrons. The maximum Gasteiger partial charge on any atom is 0.239 e. The van der Waals surface area contributed by atoms with E-state index in [-0.39, 0.29) is 5.88 Å². The van der Waals surface area contributed by atoms with Crippen LogP contribution in [0.4, 0.5) is 0 Å². The van der Waals surface area contributed by atoms with Crippen LogP contribution in [0.5, 0.6) is 17.4 Å². The Morgan fingerprint density at radius 3 is 2.38 bits per heavy atom. The van der Waals surface area contributed by atoms with Crippen molar-refractivity contribution < 1.29 is 9.84 Å². The number of aromatic nitrogens is 3. The fourth-order valence-electron chi connectivity index (χ4n) is 2.51. The van der Waals surface area contributed by atoms with Gasteiger partial charge in [0, 0.05) is 11.9 Å². The average Bonchev–Trinajstić information content (AvgIpc) is 2.95. The standard InChI is InChI=1S/C18H12BrN3O2/c19-15-10-22(17-16(15)20-11-21-18(17)23)12-6-8-14(9-7-12)24-13-4-2-1-3-5-13/h1-11H,(H,20,21,23). The van der Waals surface area contributed by atoms with Gasteiger partial charge in [0.1, 0.15) is 28.9 Å². The Morgan fingerprint density at radius 1 is 0.917 bits per heavy atom. The van der Waals surface area contributed by atoms with Crippen LogP contribution in [-0.2, 0) is 0 Å². The summed E-state index contributed by atoms with van der Waals surface area (Å²) in [4.78, 5) is 8.06. The second kappa shape index (κ2) is 5.98. The molecule has 2 heterocycles. The van der Waals surface area contributed by atoms with E-state index in [9.17, 15) is 5.11 Å². The minimum atomic E-state index is -0.0599. The molecular formula is C18H12BrN3O2. The smallest absolute Gasteiger partial charge is 0.239 e. The zero-order valence-electron chi connectivity index (χ0n) is 12.4. The second-order valence-electron chi connectivity index (χ2n) is 5.15. The third-order valence-corrected chi connectivity index (χ3v) is 4.19. The highest BCUT2D eigenvalue weighted by Gasteiger charge is 2.14. The minimum Gasteiger partial charge on any atom is -0.492 e. The van der Waals surface area contributed by atoms with Crippen LogP contribution in [0.25, 0.3) is 16.7 Å². The maximum absolute atomic E-state index is 10.1.